The van der Waals surface area contributed by atoms with Gasteiger partial charge in [-0.2, -0.15) is 5.10 Å². The van der Waals surface area contributed by atoms with E-state index in [-0.39, 0.29) is 0 Å². The van der Waals surface area contributed by atoms with Crippen LogP contribution in [-0.2, 0) is 6.54 Å². The number of ether oxygens (including phenoxy) is 2. The Morgan fingerprint density at radius 3 is 2.62 bits per heavy atom. The first-order valence-corrected chi connectivity index (χ1v) is 11.6. The zero-order valence-electron chi connectivity index (χ0n) is 17.4. The van der Waals surface area contributed by atoms with Crippen molar-refractivity contribution in [2.75, 3.05) is 7.11 Å². The molecule has 3 aromatic heterocycles. The van der Waals surface area contributed by atoms with Crippen molar-refractivity contribution in [3.8, 4) is 27.8 Å². The van der Waals surface area contributed by atoms with Crippen LogP contribution in [0.25, 0.3) is 21.6 Å². The topological polar surface area (TPSA) is 62.1 Å². The summed E-state index contributed by atoms with van der Waals surface area (Å²) in [5.74, 6) is 2.25. The van der Waals surface area contributed by atoms with E-state index in [1.54, 1.807) is 24.6 Å². The Labute approximate surface area is 197 Å². The molecule has 0 amide bonds. The summed E-state index contributed by atoms with van der Waals surface area (Å²) in [5.41, 5.74) is 2.87. The number of nitrogens with zero attached hydrogens (tertiary/aromatic N) is 4. The third kappa shape index (κ3) is 4.11. The van der Waals surface area contributed by atoms with Gasteiger partial charge in [-0.25, -0.2) is 14.6 Å². The molecule has 0 spiro atoms. The molecule has 6 nitrogen and oxygen atoms in total. The number of pyridine rings is 1. The Bertz CT molecular complexity index is 1400. The molecule has 32 heavy (non-hydrogen) atoms. The lowest BCUT2D eigenvalue weighted by atomic mass is 10.2. The summed E-state index contributed by atoms with van der Waals surface area (Å²) in [4.78, 5) is 10.2. The molecule has 0 fully saturated rings. The van der Waals surface area contributed by atoms with Gasteiger partial charge in [0.1, 0.15) is 26.9 Å². The van der Waals surface area contributed by atoms with Crippen LogP contribution in [0.1, 0.15) is 10.4 Å². The maximum atomic E-state index is 6.27. The molecule has 0 saturated carbocycles. The molecule has 0 saturated heterocycles. The Kier molecular flexibility index (Phi) is 5.63. The molecule has 0 aliphatic rings. The minimum absolute atomic E-state index is 0.585. The van der Waals surface area contributed by atoms with Crippen LogP contribution in [-0.4, -0.2) is 26.9 Å². The molecule has 5 rings (SSSR count). The van der Waals surface area contributed by atoms with Gasteiger partial charge in [-0.1, -0.05) is 24.3 Å². The average Bonchev–Trinajstić information content (AvgIpc) is 3.38. The third-order valence-corrected chi connectivity index (χ3v) is 6.49. The monoisotopic (exact) mass is 506 g/mol. The van der Waals surface area contributed by atoms with Crippen LogP contribution >= 0.6 is 27.3 Å². The van der Waals surface area contributed by atoms with Crippen molar-refractivity contribution in [2.45, 2.75) is 13.5 Å². The van der Waals surface area contributed by atoms with Crippen LogP contribution in [0.3, 0.4) is 0 Å². The molecule has 0 aliphatic heterocycles. The highest BCUT2D eigenvalue weighted by Gasteiger charge is 2.16. The quantitative estimate of drug-likeness (QED) is 0.264. The number of benzene rings is 2. The van der Waals surface area contributed by atoms with E-state index in [0.717, 1.165) is 38.7 Å². The van der Waals surface area contributed by atoms with Crippen molar-refractivity contribution in [1.82, 2.24) is 19.7 Å². The molecule has 0 unspecified atom stereocenters. The summed E-state index contributed by atoms with van der Waals surface area (Å²) >= 11 is 5.25. The molecule has 0 aliphatic carbocycles. The normalized spacial score (nSPS) is 11.1. The zero-order chi connectivity index (χ0) is 22.1. The van der Waals surface area contributed by atoms with Gasteiger partial charge in [-0.15, -0.1) is 11.3 Å². The van der Waals surface area contributed by atoms with E-state index in [4.69, 9.17) is 9.47 Å². The summed E-state index contributed by atoms with van der Waals surface area (Å²) in [7, 11) is 1.66. The fourth-order valence-electron chi connectivity index (χ4n) is 3.43. The van der Waals surface area contributed by atoms with Crippen molar-refractivity contribution < 1.29 is 9.47 Å². The molecule has 3 heterocycles. The second-order valence-electron chi connectivity index (χ2n) is 7.21. The number of thiazole rings is 1. The summed E-state index contributed by atoms with van der Waals surface area (Å²) in [6, 6.07) is 17.7. The standard InChI is InChI=1S/C24H19BrN4O2S/c1-15-13-27-24(32-15)17-4-3-5-19(12-17)31-20-10-11-26-23-21(20)22(25)28-29(23)14-16-6-8-18(30-2)9-7-16/h3-13H,14H2,1-2H3. The molecular weight excluding hydrogens is 488 g/mol. The highest BCUT2D eigenvalue weighted by Crippen LogP contribution is 2.35. The zero-order valence-corrected chi connectivity index (χ0v) is 19.9. The number of halogens is 1. The number of rotatable bonds is 6. The number of fused-ring (bicyclic) bond motifs is 1. The number of methoxy groups -OCH3 is 1. The third-order valence-electron chi connectivity index (χ3n) is 4.97. The van der Waals surface area contributed by atoms with Gasteiger partial charge in [-0.05, 0) is 52.7 Å². The van der Waals surface area contributed by atoms with Crippen LogP contribution in [0, 0.1) is 6.92 Å². The Morgan fingerprint density at radius 1 is 1.03 bits per heavy atom. The molecule has 0 atom stereocenters. The smallest absolute Gasteiger partial charge is 0.163 e. The van der Waals surface area contributed by atoms with Crippen LogP contribution < -0.4 is 9.47 Å². The fraction of sp³-hybridized carbons (Fsp3) is 0.125. The number of aryl methyl sites for hydroxylation is 1. The second-order valence-corrected chi connectivity index (χ2v) is 9.20. The molecular formula is C24H19BrN4O2S. The fourth-order valence-corrected chi connectivity index (χ4v) is 4.76. The number of hydrogen-bond acceptors (Lipinski definition) is 6. The first-order chi connectivity index (χ1) is 15.6. The minimum Gasteiger partial charge on any atom is -0.497 e. The average molecular weight is 507 g/mol. The van der Waals surface area contributed by atoms with Crippen molar-refractivity contribution in [3.63, 3.8) is 0 Å². The molecule has 0 bridgehead atoms. The van der Waals surface area contributed by atoms with E-state index in [1.165, 1.54) is 4.88 Å². The van der Waals surface area contributed by atoms with E-state index in [0.29, 0.717) is 16.9 Å². The van der Waals surface area contributed by atoms with Crippen LogP contribution in [0.4, 0.5) is 0 Å². The first-order valence-electron chi connectivity index (χ1n) is 9.95. The summed E-state index contributed by atoms with van der Waals surface area (Å²) in [5, 5.41) is 6.45. The van der Waals surface area contributed by atoms with Crippen molar-refractivity contribution in [2.24, 2.45) is 0 Å². The molecule has 0 N–H and O–H groups in total. The predicted molar refractivity (Wildman–Crippen MR) is 130 cm³/mol. The van der Waals surface area contributed by atoms with E-state index in [9.17, 15) is 0 Å². The van der Waals surface area contributed by atoms with Gasteiger partial charge in [0, 0.05) is 28.9 Å². The molecule has 8 heteroatoms. The Hall–Kier alpha value is -3.23. The maximum absolute atomic E-state index is 6.27. The molecule has 160 valence electrons. The van der Waals surface area contributed by atoms with E-state index >= 15 is 0 Å². The van der Waals surface area contributed by atoms with E-state index < -0.39 is 0 Å². The summed E-state index contributed by atoms with van der Waals surface area (Å²) < 4.78 is 14.1. The number of aromatic nitrogens is 4. The van der Waals surface area contributed by atoms with E-state index in [1.807, 2.05) is 65.5 Å². The maximum Gasteiger partial charge on any atom is 0.163 e. The Morgan fingerprint density at radius 2 is 1.88 bits per heavy atom. The van der Waals surface area contributed by atoms with Gasteiger partial charge in [0.05, 0.1) is 19.0 Å². The van der Waals surface area contributed by atoms with Crippen LogP contribution in [0.5, 0.6) is 17.2 Å². The highest BCUT2D eigenvalue weighted by molar-refractivity contribution is 9.10. The van der Waals surface area contributed by atoms with Crippen LogP contribution in [0.2, 0.25) is 0 Å². The van der Waals surface area contributed by atoms with E-state index in [2.05, 4.69) is 37.9 Å². The minimum atomic E-state index is 0.585. The van der Waals surface area contributed by atoms with Crippen molar-refractivity contribution >= 4 is 38.3 Å². The predicted octanol–water partition coefficient (Wildman–Crippen LogP) is 6.47. The van der Waals surface area contributed by atoms with Gasteiger partial charge >= 0.3 is 0 Å². The summed E-state index contributed by atoms with van der Waals surface area (Å²) in [6.07, 6.45) is 3.62. The lowest BCUT2D eigenvalue weighted by Gasteiger charge is -2.09. The first kappa shape index (κ1) is 20.7. The van der Waals surface area contributed by atoms with Crippen molar-refractivity contribution in [3.05, 3.63) is 82.0 Å². The second kappa shape index (κ2) is 8.72. The lowest BCUT2D eigenvalue weighted by molar-refractivity contribution is 0.414. The number of hydrogen-bond donors (Lipinski definition) is 0. The van der Waals surface area contributed by atoms with Crippen molar-refractivity contribution in [1.29, 1.82) is 0 Å². The van der Waals surface area contributed by atoms with Gasteiger partial charge < -0.3 is 9.47 Å². The van der Waals surface area contributed by atoms with Gasteiger partial charge in [0.2, 0.25) is 0 Å². The summed E-state index contributed by atoms with van der Waals surface area (Å²) in [6.45, 7) is 2.64. The molecule has 0 radical (unpaired) electrons. The largest absolute Gasteiger partial charge is 0.497 e. The van der Waals surface area contributed by atoms with Gasteiger partial charge in [0.25, 0.3) is 0 Å². The van der Waals surface area contributed by atoms with Crippen LogP contribution in [0.15, 0.2) is 71.6 Å². The van der Waals surface area contributed by atoms with Gasteiger partial charge in [-0.3, -0.25) is 0 Å². The molecule has 2 aromatic carbocycles. The Balaban J connectivity index is 1.46. The lowest BCUT2D eigenvalue weighted by Crippen LogP contribution is -2.02. The molecule has 5 aromatic rings. The highest BCUT2D eigenvalue weighted by atomic mass is 79.9. The SMILES string of the molecule is COc1ccc(Cn2nc(Br)c3c(Oc4cccc(-c5ncc(C)s5)c4)ccnc32)cc1. The van der Waals surface area contributed by atoms with Gasteiger partial charge in [0.15, 0.2) is 5.65 Å².